The molecule has 0 radical (unpaired) electrons. The van der Waals surface area contributed by atoms with Gasteiger partial charge in [0.05, 0.1) is 43.6 Å². The van der Waals surface area contributed by atoms with Crippen LogP contribution in [0.5, 0.6) is 5.75 Å². The summed E-state index contributed by atoms with van der Waals surface area (Å²) in [6.45, 7) is 6.15. The van der Waals surface area contributed by atoms with E-state index in [1.807, 2.05) is 60.8 Å². The molecule has 0 spiro atoms. The monoisotopic (exact) mass is 504 g/mol. The molecule has 0 atom stereocenters. The van der Waals surface area contributed by atoms with Crippen LogP contribution in [-0.2, 0) is 19.1 Å². The van der Waals surface area contributed by atoms with E-state index in [0.29, 0.717) is 29.1 Å². The van der Waals surface area contributed by atoms with Crippen molar-refractivity contribution >= 4 is 23.3 Å². The van der Waals surface area contributed by atoms with Gasteiger partial charge in [0.1, 0.15) is 10.8 Å². The molecular weight excluding hydrogens is 476 g/mol. The van der Waals surface area contributed by atoms with Gasteiger partial charge in [-0.05, 0) is 50.6 Å². The van der Waals surface area contributed by atoms with Crippen molar-refractivity contribution in [2.45, 2.75) is 26.7 Å². The molecule has 2 heterocycles. The minimum absolute atomic E-state index is 0.360. The Balaban J connectivity index is 1.83. The summed E-state index contributed by atoms with van der Waals surface area (Å²) < 4.78 is 15.8. The predicted octanol–water partition coefficient (Wildman–Crippen LogP) is 5.46. The van der Waals surface area contributed by atoms with Gasteiger partial charge in [0, 0.05) is 27.9 Å². The van der Waals surface area contributed by atoms with Gasteiger partial charge in [0.25, 0.3) is 0 Å². The first-order chi connectivity index (χ1) is 17.4. The molecule has 0 fully saturated rings. The number of carbonyl (C=O) groups excluding carboxylic acids is 2. The second-order valence-corrected chi connectivity index (χ2v) is 9.06. The standard InChI is InChI=1S/C28H28N2O5S/c1-6-35-19-13-11-18(12-14-19)22-15-36-26(30-22)21-10-8-7-9-20(21)25-23(27(31)33-4)16(2)29-17(3)24(25)28(32)34-5/h7-15,25,29H,6H2,1-5H3. The molecule has 0 unspecified atom stereocenters. The van der Waals surface area contributed by atoms with E-state index in [2.05, 4.69) is 5.32 Å². The average Bonchev–Trinajstić information content (AvgIpc) is 3.38. The van der Waals surface area contributed by atoms with Gasteiger partial charge in [-0.15, -0.1) is 11.3 Å². The Bertz CT molecular complexity index is 1320. The number of nitrogens with one attached hydrogen (secondary N) is 1. The highest BCUT2D eigenvalue weighted by atomic mass is 32.1. The number of nitrogens with zero attached hydrogens (tertiary/aromatic N) is 1. The summed E-state index contributed by atoms with van der Waals surface area (Å²) >= 11 is 1.50. The molecule has 1 aliphatic heterocycles. The zero-order chi connectivity index (χ0) is 25.8. The molecular formula is C28H28N2O5S. The molecule has 1 aliphatic rings. The summed E-state index contributed by atoms with van der Waals surface area (Å²) in [6, 6.07) is 15.5. The number of thiazole rings is 1. The molecule has 0 aliphatic carbocycles. The van der Waals surface area contributed by atoms with E-state index in [-0.39, 0.29) is 0 Å². The summed E-state index contributed by atoms with van der Waals surface area (Å²) in [4.78, 5) is 30.7. The lowest BCUT2D eigenvalue weighted by atomic mass is 9.78. The van der Waals surface area contributed by atoms with Crippen LogP contribution in [0.4, 0.5) is 0 Å². The van der Waals surface area contributed by atoms with Crippen LogP contribution in [0.15, 0.2) is 76.5 Å². The van der Waals surface area contributed by atoms with Gasteiger partial charge in [-0.3, -0.25) is 0 Å². The molecule has 0 amide bonds. The first kappa shape index (κ1) is 25.2. The van der Waals surface area contributed by atoms with Crippen molar-refractivity contribution in [2.75, 3.05) is 20.8 Å². The third kappa shape index (κ3) is 4.77. The lowest BCUT2D eigenvalue weighted by Gasteiger charge is -2.31. The normalized spacial score (nSPS) is 13.9. The number of esters is 2. The number of allylic oxidation sites excluding steroid dienone is 2. The van der Waals surface area contributed by atoms with Gasteiger partial charge in [-0.1, -0.05) is 24.3 Å². The maximum atomic E-state index is 12.9. The van der Waals surface area contributed by atoms with Crippen LogP contribution < -0.4 is 10.1 Å². The molecule has 8 heteroatoms. The predicted molar refractivity (Wildman–Crippen MR) is 139 cm³/mol. The van der Waals surface area contributed by atoms with E-state index >= 15 is 0 Å². The lowest BCUT2D eigenvalue weighted by molar-refractivity contribution is -0.137. The molecule has 4 rings (SSSR count). The minimum Gasteiger partial charge on any atom is -0.494 e. The van der Waals surface area contributed by atoms with Crippen LogP contribution in [0.3, 0.4) is 0 Å². The van der Waals surface area contributed by atoms with E-state index in [4.69, 9.17) is 19.2 Å². The van der Waals surface area contributed by atoms with Crippen molar-refractivity contribution in [3.05, 3.63) is 82.0 Å². The van der Waals surface area contributed by atoms with Gasteiger partial charge < -0.3 is 19.5 Å². The van der Waals surface area contributed by atoms with E-state index < -0.39 is 17.9 Å². The van der Waals surface area contributed by atoms with Gasteiger partial charge in [0.2, 0.25) is 0 Å². The maximum absolute atomic E-state index is 12.9. The van der Waals surface area contributed by atoms with E-state index in [1.54, 1.807) is 13.8 Å². The molecule has 2 aromatic carbocycles. The van der Waals surface area contributed by atoms with Crippen molar-refractivity contribution < 1.29 is 23.8 Å². The number of hydrogen-bond acceptors (Lipinski definition) is 8. The van der Waals surface area contributed by atoms with Gasteiger partial charge in [-0.25, -0.2) is 14.6 Å². The molecule has 186 valence electrons. The fourth-order valence-corrected chi connectivity index (χ4v) is 5.30. The molecule has 0 bridgehead atoms. The highest BCUT2D eigenvalue weighted by molar-refractivity contribution is 7.13. The Morgan fingerprint density at radius 3 is 2.14 bits per heavy atom. The fraction of sp³-hybridized carbons (Fsp3) is 0.250. The molecule has 3 aromatic rings. The number of dihydropyridines is 1. The number of benzene rings is 2. The molecule has 0 saturated carbocycles. The maximum Gasteiger partial charge on any atom is 0.336 e. The van der Waals surface area contributed by atoms with Crippen molar-refractivity contribution in [1.29, 1.82) is 0 Å². The number of aromatic nitrogens is 1. The summed E-state index contributed by atoms with van der Waals surface area (Å²) in [6.07, 6.45) is 0. The SMILES string of the molecule is CCOc1ccc(-c2csc(-c3ccccc3C3C(C(=O)OC)=C(C)NC(C)=C3C(=O)OC)n2)cc1. The van der Waals surface area contributed by atoms with E-state index in [0.717, 1.165) is 33.1 Å². The van der Waals surface area contributed by atoms with E-state index in [1.165, 1.54) is 25.6 Å². The van der Waals surface area contributed by atoms with Gasteiger partial charge >= 0.3 is 11.9 Å². The summed E-state index contributed by atoms with van der Waals surface area (Å²) in [5.41, 5.74) is 5.37. The molecule has 0 saturated heterocycles. The average molecular weight is 505 g/mol. The number of ether oxygens (including phenoxy) is 3. The van der Waals surface area contributed by atoms with Gasteiger partial charge in [0.15, 0.2) is 0 Å². The highest BCUT2D eigenvalue weighted by Gasteiger charge is 2.38. The first-order valence-corrected chi connectivity index (χ1v) is 12.4. The third-order valence-electron chi connectivity index (χ3n) is 6.04. The van der Waals surface area contributed by atoms with Crippen LogP contribution in [-0.4, -0.2) is 37.7 Å². The lowest BCUT2D eigenvalue weighted by Crippen LogP contribution is -2.32. The largest absolute Gasteiger partial charge is 0.494 e. The summed E-state index contributed by atoms with van der Waals surface area (Å²) in [5, 5.41) is 5.91. The van der Waals surface area contributed by atoms with Gasteiger partial charge in [-0.2, -0.15) is 0 Å². The number of carbonyl (C=O) groups is 2. The van der Waals surface area contributed by atoms with Crippen LogP contribution in [0, 0.1) is 0 Å². The quantitative estimate of drug-likeness (QED) is 0.428. The van der Waals surface area contributed by atoms with Crippen LogP contribution in [0.1, 0.15) is 32.3 Å². The molecule has 36 heavy (non-hydrogen) atoms. The van der Waals surface area contributed by atoms with Crippen LogP contribution >= 0.6 is 11.3 Å². The van der Waals surface area contributed by atoms with E-state index in [9.17, 15) is 9.59 Å². The smallest absolute Gasteiger partial charge is 0.336 e. The summed E-state index contributed by atoms with van der Waals surface area (Å²) in [5.74, 6) is -0.894. The number of methoxy groups -OCH3 is 2. The Hall–Kier alpha value is -3.91. The Morgan fingerprint density at radius 2 is 1.56 bits per heavy atom. The number of rotatable bonds is 7. The molecule has 1 aromatic heterocycles. The second-order valence-electron chi connectivity index (χ2n) is 8.20. The van der Waals surface area contributed by atoms with Crippen molar-refractivity contribution in [3.8, 4) is 27.6 Å². The van der Waals surface area contributed by atoms with Crippen molar-refractivity contribution in [1.82, 2.24) is 10.3 Å². The zero-order valence-corrected chi connectivity index (χ0v) is 21.7. The Morgan fingerprint density at radius 1 is 0.944 bits per heavy atom. The second kappa shape index (κ2) is 10.8. The van der Waals surface area contributed by atoms with Crippen LogP contribution in [0.2, 0.25) is 0 Å². The van der Waals surface area contributed by atoms with Crippen LogP contribution in [0.25, 0.3) is 21.8 Å². The third-order valence-corrected chi connectivity index (χ3v) is 6.91. The topological polar surface area (TPSA) is 86.8 Å². The first-order valence-electron chi connectivity index (χ1n) is 11.5. The van der Waals surface area contributed by atoms with Crippen molar-refractivity contribution in [2.24, 2.45) is 0 Å². The molecule has 1 N–H and O–H groups in total. The Labute approximate surface area is 214 Å². The minimum atomic E-state index is -0.680. The van der Waals surface area contributed by atoms with Crippen molar-refractivity contribution in [3.63, 3.8) is 0 Å². The Kier molecular flexibility index (Phi) is 7.55. The fourth-order valence-electron chi connectivity index (χ4n) is 4.43. The number of hydrogen-bond donors (Lipinski definition) is 1. The summed E-state index contributed by atoms with van der Waals surface area (Å²) in [7, 11) is 2.66. The molecule has 7 nitrogen and oxygen atoms in total. The highest BCUT2D eigenvalue weighted by Crippen LogP contribution is 2.43. The zero-order valence-electron chi connectivity index (χ0n) is 20.9.